The van der Waals surface area contributed by atoms with Gasteiger partial charge < -0.3 is 9.13 Å². The predicted molar refractivity (Wildman–Crippen MR) is 444 cm³/mol. The minimum atomic E-state index is -5.13. The van der Waals surface area contributed by atoms with Crippen LogP contribution in [0.15, 0.2) is 346 Å². The number of benzene rings is 14. The molecule has 0 saturated heterocycles. The molecule has 0 bridgehead atoms. The van der Waals surface area contributed by atoms with Crippen LogP contribution >= 0.6 is 0 Å². The van der Waals surface area contributed by atoms with Crippen molar-refractivity contribution in [2.45, 2.75) is 6.18 Å². The zero-order chi connectivity index (χ0) is 78.0. The van der Waals surface area contributed by atoms with Crippen LogP contribution in [0.25, 0.3) is 203 Å². The van der Waals surface area contributed by atoms with Gasteiger partial charge in [-0.05, 0) is 103 Å². The first-order valence-corrected chi connectivity index (χ1v) is 37.3. The van der Waals surface area contributed by atoms with Crippen molar-refractivity contribution in [2.75, 3.05) is 0 Å². The monoisotopic (exact) mass is 1510 g/mol. The minimum Gasteiger partial charge on any atom is -0.309 e. The number of aromatic nitrogens is 14. The molecule has 0 fully saturated rings. The Bertz CT molecular complexity index is 6570. The molecule has 116 heavy (non-hydrogen) atoms. The first kappa shape index (κ1) is 69.6. The Hall–Kier alpha value is -15.6. The number of halogens is 5. The van der Waals surface area contributed by atoms with Gasteiger partial charge >= 0.3 is 6.18 Å². The van der Waals surface area contributed by atoms with Gasteiger partial charge in [-0.15, -0.1) is 0 Å². The fraction of sp³-hybridized carbons (Fsp3) is 0.0103. The lowest BCUT2D eigenvalue weighted by molar-refractivity contribution is -0.137. The standard InChI is InChI=1S/C97H57F5N14/c98-71-49-70(50-72(99)55-71)73-56-84(116-81-47-43-68(95-111-89(62-33-17-5-18-34-62)105-90(112-95)63-35-19-6-20-36-63)53-76(81)77-54-69(44-48-82(77)116)96-113-91(64-37-21-7-22-38-64)106-92(114-96)65-39-23-8-24-40-65)78(97(100,101)102)57-83(73)115-79-45-41-66(93-107-85(58-25-9-1-10-26-58)103-86(108-93)59-27-11-2-12-28-59)51-74(79)75-52-67(42-46-80(75)115)94-109-87(60-29-13-3-14-30-60)104-88(110-94)61-31-15-4-16-32-61/h1-57H. The summed E-state index contributed by atoms with van der Waals surface area (Å²) in [6.45, 7) is 0. The molecule has 550 valence electrons. The van der Waals surface area contributed by atoms with Gasteiger partial charge in [0.25, 0.3) is 0 Å². The lowest BCUT2D eigenvalue weighted by atomic mass is 9.98. The largest absolute Gasteiger partial charge is 0.418 e. The molecule has 14 aromatic carbocycles. The van der Waals surface area contributed by atoms with E-state index in [0.29, 0.717) is 136 Å². The molecular formula is C97H57F5N14. The molecule has 20 rings (SSSR count). The van der Waals surface area contributed by atoms with Crippen molar-refractivity contribution < 1.29 is 22.0 Å². The Balaban J connectivity index is 0.850. The van der Waals surface area contributed by atoms with E-state index < -0.39 is 23.4 Å². The molecule has 0 amide bonds. The summed E-state index contributed by atoms with van der Waals surface area (Å²) in [6, 6.07) is 104. The Kier molecular flexibility index (Phi) is 17.3. The smallest absolute Gasteiger partial charge is 0.309 e. The second-order valence-electron chi connectivity index (χ2n) is 27.8. The summed E-state index contributed by atoms with van der Waals surface area (Å²) >= 11 is 0. The van der Waals surface area contributed by atoms with Crippen LogP contribution in [-0.2, 0) is 6.18 Å². The van der Waals surface area contributed by atoms with Gasteiger partial charge in [0.2, 0.25) is 0 Å². The Labute approximate surface area is 659 Å². The molecule has 0 N–H and O–H groups in total. The summed E-state index contributed by atoms with van der Waals surface area (Å²) in [5.41, 5.74) is 7.95. The van der Waals surface area contributed by atoms with Crippen molar-refractivity contribution in [1.82, 2.24) is 68.9 Å². The van der Waals surface area contributed by atoms with E-state index in [9.17, 15) is 0 Å². The van der Waals surface area contributed by atoms with Crippen LogP contribution < -0.4 is 0 Å². The fourth-order valence-electron chi connectivity index (χ4n) is 15.0. The quantitative estimate of drug-likeness (QED) is 0.0894. The first-order chi connectivity index (χ1) is 56.9. The molecule has 6 aromatic heterocycles. The van der Waals surface area contributed by atoms with Gasteiger partial charge in [0.05, 0.1) is 39.0 Å². The Morgan fingerprint density at radius 2 is 0.397 bits per heavy atom. The van der Waals surface area contributed by atoms with Gasteiger partial charge in [-0.25, -0.2) is 68.6 Å². The van der Waals surface area contributed by atoms with Gasteiger partial charge in [-0.2, -0.15) is 13.2 Å². The number of alkyl halides is 3. The molecule has 14 nitrogen and oxygen atoms in total. The molecule has 0 aliphatic carbocycles. The number of hydrogen-bond acceptors (Lipinski definition) is 12. The van der Waals surface area contributed by atoms with Gasteiger partial charge in [-0.1, -0.05) is 243 Å². The van der Waals surface area contributed by atoms with E-state index in [1.165, 1.54) is 6.07 Å². The van der Waals surface area contributed by atoms with E-state index in [1.807, 2.05) is 279 Å². The highest BCUT2D eigenvalue weighted by Crippen LogP contribution is 2.48. The second-order valence-corrected chi connectivity index (χ2v) is 27.8. The molecule has 0 radical (unpaired) electrons. The summed E-state index contributed by atoms with van der Waals surface area (Å²) in [5, 5.41) is 2.06. The average Bonchev–Trinajstić information content (AvgIpc) is 1.55. The highest BCUT2D eigenvalue weighted by Gasteiger charge is 2.38. The summed E-state index contributed by atoms with van der Waals surface area (Å²) < 4.78 is 88.7. The third-order valence-corrected chi connectivity index (χ3v) is 20.4. The van der Waals surface area contributed by atoms with Crippen molar-refractivity contribution in [1.29, 1.82) is 0 Å². The third-order valence-electron chi connectivity index (χ3n) is 20.4. The first-order valence-electron chi connectivity index (χ1n) is 37.3. The van der Waals surface area contributed by atoms with Crippen molar-refractivity contribution >= 4 is 43.6 Å². The summed E-state index contributed by atoms with van der Waals surface area (Å²) in [6.07, 6.45) is -5.13. The van der Waals surface area contributed by atoms with Crippen molar-refractivity contribution in [2.24, 2.45) is 0 Å². The molecule has 0 aliphatic rings. The molecule has 0 aliphatic heterocycles. The normalized spacial score (nSPS) is 11.7. The molecule has 0 unspecified atom stereocenters. The van der Waals surface area contributed by atoms with Gasteiger partial charge in [0, 0.05) is 99.9 Å². The minimum absolute atomic E-state index is 0.0377. The number of fused-ring (bicyclic) bond motifs is 6. The zero-order valence-corrected chi connectivity index (χ0v) is 61.1. The van der Waals surface area contributed by atoms with Crippen LogP contribution in [0, 0.1) is 11.6 Å². The fourth-order valence-corrected chi connectivity index (χ4v) is 15.0. The number of rotatable bonds is 15. The molecule has 0 atom stereocenters. The van der Waals surface area contributed by atoms with Crippen LogP contribution in [0.2, 0.25) is 0 Å². The lowest BCUT2D eigenvalue weighted by Gasteiger charge is -2.22. The highest BCUT2D eigenvalue weighted by molar-refractivity contribution is 6.14. The molecule has 6 heterocycles. The molecule has 0 spiro atoms. The maximum Gasteiger partial charge on any atom is 0.418 e. The van der Waals surface area contributed by atoms with Gasteiger partial charge in [0.1, 0.15) is 11.6 Å². The second kappa shape index (κ2) is 28.9. The van der Waals surface area contributed by atoms with E-state index in [4.69, 9.17) is 59.8 Å². The Morgan fingerprint density at radius 1 is 0.190 bits per heavy atom. The molecule has 19 heteroatoms. The summed E-state index contributed by atoms with van der Waals surface area (Å²) in [7, 11) is 0. The van der Waals surface area contributed by atoms with Crippen molar-refractivity contribution in [3.8, 4) is 159 Å². The van der Waals surface area contributed by atoms with Crippen LogP contribution in [0.3, 0.4) is 0 Å². The van der Waals surface area contributed by atoms with Gasteiger partial charge in [0.15, 0.2) is 69.9 Å². The summed E-state index contributed by atoms with van der Waals surface area (Å²) in [5.74, 6) is 2.49. The Morgan fingerprint density at radius 3 is 0.612 bits per heavy atom. The molecule has 20 aromatic rings. The van der Waals surface area contributed by atoms with Crippen LogP contribution in [-0.4, -0.2) is 68.9 Å². The van der Waals surface area contributed by atoms with Crippen molar-refractivity contribution in [3.63, 3.8) is 0 Å². The van der Waals surface area contributed by atoms with E-state index in [-0.39, 0.29) is 22.5 Å². The molecule has 0 saturated carbocycles. The number of nitrogens with zero attached hydrogens (tertiary/aromatic N) is 14. The zero-order valence-electron chi connectivity index (χ0n) is 61.1. The SMILES string of the molecule is Fc1cc(F)cc(-c2cc(-n3c4ccc(-c5nc(-c6ccccc6)nc(-c6ccccc6)n5)cc4c4cc(-c5nc(-c6ccccc6)nc(-c6ccccc6)n5)ccc43)c(C(F)(F)F)cc2-n2c3ccc(-c4nc(-c5ccccc5)nc(-c5ccccc5)n4)cc3c3cc(-c4nc(-c5ccccc5)nc(-c5ccccc5)n4)ccc32)c1. The van der Waals surface area contributed by atoms with Gasteiger partial charge in [-0.3, -0.25) is 0 Å². The van der Waals surface area contributed by atoms with Crippen LogP contribution in [0.4, 0.5) is 22.0 Å². The van der Waals surface area contributed by atoms with E-state index in [2.05, 4.69) is 0 Å². The van der Waals surface area contributed by atoms with E-state index >= 15 is 22.0 Å². The summed E-state index contributed by atoms with van der Waals surface area (Å²) in [4.78, 5) is 60.7. The predicted octanol–water partition coefficient (Wildman–Crippen LogP) is 23.6. The topological polar surface area (TPSA) is 165 Å². The number of hydrogen-bond donors (Lipinski definition) is 0. The van der Waals surface area contributed by atoms with Crippen molar-refractivity contribution in [3.05, 3.63) is 363 Å². The maximum absolute atomic E-state index is 17.5. The average molecular weight is 1510 g/mol. The molecular weight excluding hydrogens is 1460 g/mol. The highest BCUT2D eigenvalue weighted by atomic mass is 19.4. The lowest BCUT2D eigenvalue weighted by Crippen LogP contribution is -2.13. The van der Waals surface area contributed by atoms with E-state index in [0.717, 1.165) is 68.8 Å². The maximum atomic E-state index is 17.5. The third kappa shape index (κ3) is 13.1. The van der Waals surface area contributed by atoms with E-state index in [1.54, 1.807) is 45.5 Å². The van der Waals surface area contributed by atoms with Crippen LogP contribution in [0.5, 0.6) is 0 Å². The van der Waals surface area contributed by atoms with Crippen LogP contribution in [0.1, 0.15) is 5.56 Å².